The summed E-state index contributed by atoms with van der Waals surface area (Å²) in [7, 11) is 3.71. The van der Waals surface area contributed by atoms with Gasteiger partial charge >= 0.3 is 0 Å². The molecule has 166 valence electrons. The fraction of sp³-hybridized carbons (Fsp3) is 0.909. The fourth-order valence-electron chi connectivity index (χ4n) is 5.16. The summed E-state index contributed by atoms with van der Waals surface area (Å²) in [5.41, 5.74) is 0. The van der Waals surface area contributed by atoms with Gasteiger partial charge in [-0.2, -0.15) is 0 Å². The maximum Gasteiger partial charge on any atom is 0.239 e. The Hall–Kier alpha value is -1.34. The number of likely N-dealkylation sites (tertiary alicyclic amines) is 2. The lowest BCUT2D eigenvalue weighted by Gasteiger charge is -2.26. The Labute approximate surface area is 177 Å². The predicted octanol–water partition coefficient (Wildman–Crippen LogP) is 1.50. The van der Waals surface area contributed by atoms with Crippen LogP contribution in [0, 0.1) is 0 Å². The number of guanidine groups is 1. The Morgan fingerprint density at radius 3 is 2.62 bits per heavy atom. The molecule has 2 unspecified atom stereocenters. The second-order valence-electron chi connectivity index (χ2n) is 9.10. The molecular weight excluding hydrogens is 364 g/mol. The molecule has 2 aliphatic heterocycles. The van der Waals surface area contributed by atoms with Crippen molar-refractivity contribution in [1.29, 1.82) is 0 Å². The summed E-state index contributed by atoms with van der Waals surface area (Å²) in [5.74, 6) is 1.20. The highest BCUT2D eigenvalue weighted by molar-refractivity contribution is 5.81. The van der Waals surface area contributed by atoms with E-state index in [2.05, 4.69) is 27.4 Å². The minimum absolute atomic E-state index is 0.0698. The van der Waals surface area contributed by atoms with Gasteiger partial charge in [0, 0.05) is 58.9 Å². The third-order valence-electron chi connectivity index (χ3n) is 6.71. The molecule has 1 aliphatic carbocycles. The number of nitrogens with one attached hydrogen (secondary N) is 2. The normalized spacial score (nSPS) is 26.9. The molecule has 2 atom stereocenters. The van der Waals surface area contributed by atoms with E-state index in [0.29, 0.717) is 6.04 Å². The second-order valence-corrected chi connectivity index (χ2v) is 9.10. The SMILES string of the molecule is CCNC(=NCCCN1CCCC1C(=O)N(C)C)NC1CCN(C2CCCC2)C1. The van der Waals surface area contributed by atoms with E-state index >= 15 is 0 Å². The van der Waals surface area contributed by atoms with E-state index in [1.807, 2.05) is 14.1 Å². The summed E-state index contributed by atoms with van der Waals surface area (Å²) < 4.78 is 0. The molecule has 2 heterocycles. The fourth-order valence-corrected chi connectivity index (χ4v) is 5.16. The van der Waals surface area contributed by atoms with Crippen LogP contribution in [0.15, 0.2) is 4.99 Å². The quantitative estimate of drug-likeness (QED) is 0.363. The number of likely N-dealkylation sites (N-methyl/N-ethyl adjacent to an activating group) is 1. The Balaban J connectivity index is 1.41. The second kappa shape index (κ2) is 11.2. The molecule has 0 bridgehead atoms. The van der Waals surface area contributed by atoms with Gasteiger partial charge in [-0.15, -0.1) is 0 Å². The van der Waals surface area contributed by atoms with Crippen LogP contribution >= 0.6 is 0 Å². The molecule has 0 aromatic rings. The Kier molecular flexibility index (Phi) is 8.60. The summed E-state index contributed by atoms with van der Waals surface area (Å²) in [6, 6.07) is 1.40. The van der Waals surface area contributed by atoms with Crippen LogP contribution in [0.1, 0.15) is 58.3 Å². The molecule has 0 aromatic carbocycles. The Bertz CT molecular complexity index is 545. The largest absolute Gasteiger partial charge is 0.357 e. The standard InChI is InChI=1S/C22H42N6O/c1-4-23-22(25-18-12-16-28(17-18)19-9-5-6-10-19)24-13-8-15-27-14-7-11-20(27)21(29)26(2)3/h18-20H,4-17H2,1-3H3,(H2,23,24,25). The van der Waals surface area contributed by atoms with Crippen molar-refractivity contribution in [2.75, 3.05) is 53.4 Å². The summed E-state index contributed by atoms with van der Waals surface area (Å²) in [6.07, 6.45) is 9.89. The lowest BCUT2D eigenvalue weighted by atomic mass is 10.2. The molecular formula is C22H42N6O. The number of rotatable bonds is 8. The number of aliphatic imine (C=N–C) groups is 1. The van der Waals surface area contributed by atoms with Crippen molar-refractivity contribution < 1.29 is 4.79 Å². The minimum Gasteiger partial charge on any atom is -0.357 e. The van der Waals surface area contributed by atoms with Gasteiger partial charge in [-0.3, -0.25) is 19.6 Å². The van der Waals surface area contributed by atoms with Gasteiger partial charge in [0.05, 0.1) is 6.04 Å². The molecule has 29 heavy (non-hydrogen) atoms. The molecule has 1 amide bonds. The lowest BCUT2D eigenvalue weighted by molar-refractivity contribution is -0.133. The molecule has 3 fully saturated rings. The van der Waals surface area contributed by atoms with E-state index < -0.39 is 0 Å². The average molecular weight is 407 g/mol. The molecule has 0 aromatic heterocycles. The van der Waals surface area contributed by atoms with Crippen LogP contribution in [0.3, 0.4) is 0 Å². The van der Waals surface area contributed by atoms with Crippen LogP contribution in [0.5, 0.6) is 0 Å². The molecule has 1 saturated carbocycles. The molecule has 3 rings (SSSR count). The van der Waals surface area contributed by atoms with Gasteiger partial charge in [-0.1, -0.05) is 12.8 Å². The van der Waals surface area contributed by atoms with Crippen molar-refractivity contribution in [3.63, 3.8) is 0 Å². The molecule has 7 nitrogen and oxygen atoms in total. The summed E-state index contributed by atoms with van der Waals surface area (Å²) in [5, 5.41) is 7.07. The highest BCUT2D eigenvalue weighted by atomic mass is 16.2. The van der Waals surface area contributed by atoms with E-state index in [-0.39, 0.29) is 11.9 Å². The third-order valence-corrected chi connectivity index (χ3v) is 6.71. The van der Waals surface area contributed by atoms with Crippen LogP contribution < -0.4 is 10.6 Å². The van der Waals surface area contributed by atoms with Crippen LogP contribution in [0.4, 0.5) is 0 Å². The first kappa shape index (κ1) is 22.3. The molecule has 3 aliphatic rings. The zero-order valence-electron chi connectivity index (χ0n) is 18.8. The predicted molar refractivity (Wildman–Crippen MR) is 119 cm³/mol. The molecule has 0 radical (unpaired) electrons. The van der Waals surface area contributed by atoms with E-state index in [1.165, 1.54) is 38.6 Å². The molecule has 2 saturated heterocycles. The summed E-state index contributed by atoms with van der Waals surface area (Å²) in [4.78, 5) is 23.9. The van der Waals surface area contributed by atoms with Gasteiger partial charge in [0.2, 0.25) is 5.91 Å². The van der Waals surface area contributed by atoms with E-state index in [4.69, 9.17) is 4.99 Å². The summed E-state index contributed by atoms with van der Waals surface area (Å²) >= 11 is 0. The van der Waals surface area contributed by atoms with Gasteiger partial charge < -0.3 is 15.5 Å². The minimum atomic E-state index is 0.0698. The van der Waals surface area contributed by atoms with E-state index in [9.17, 15) is 4.79 Å². The van der Waals surface area contributed by atoms with Gasteiger partial charge in [-0.05, 0) is 52.0 Å². The van der Waals surface area contributed by atoms with Crippen molar-refractivity contribution in [2.24, 2.45) is 4.99 Å². The van der Waals surface area contributed by atoms with E-state index in [0.717, 1.165) is 64.0 Å². The maximum atomic E-state index is 12.3. The summed E-state index contributed by atoms with van der Waals surface area (Å²) in [6.45, 7) is 8.16. The molecule has 0 spiro atoms. The van der Waals surface area contributed by atoms with Crippen molar-refractivity contribution in [2.45, 2.75) is 76.4 Å². The average Bonchev–Trinajstić information content (AvgIpc) is 3.45. The Morgan fingerprint density at radius 2 is 1.90 bits per heavy atom. The van der Waals surface area contributed by atoms with Crippen LogP contribution in [-0.4, -0.2) is 98.1 Å². The maximum absolute atomic E-state index is 12.3. The van der Waals surface area contributed by atoms with Crippen LogP contribution in [0.2, 0.25) is 0 Å². The first-order valence-corrected chi connectivity index (χ1v) is 11.8. The number of carbonyl (C=O) groups is 1. The highest BCUT2D eigenvalue weighted by Gasteiger charge is 2.31. The number of amides is 1. The number of hydrogen-bond acceptors (Lipinski definition) is 4. The van der Waals surface area contributed by atoms with Gasteiger partial charge in [-0.25, -0.2) is 0 Å². The van der Waals surface area contributed by atoms with E-state index in [1.54, 1.807) is 4.90 Å². The zero-order chi connectivity index (χ0) is 20.6. The topological polar surface area (TPSA) is 63.2 Å². The number of nitrogens with zero attached hydrogens (tertiary/aromatic N) is 4. The highest BCUT2D eigenvalue weighted by Crippen LogP contribution is 2.26. The smallest absolute Gasteiger partial charge is 0.239 e. The lowest BCUT2D eigenvalue weighted by Crippen LogP contribution is -2.45. The molecule has 2 N–H and O–H groups in total. The van der Waals surface area contributed by atoms with Crippen molar-refractivity contribution in [3.05, 3.63) is 0 Å². The first-order valence-electron chi connectivity index (χ1n) is 11.8. The van der Waals surface area contributed by atoms with Crippen LogP contribution in [-0.2, 0) is 4.79 Å². The van der Waals surface area contributed by atoms with Gasteiger partial charge in [0.15, 0.2) is 5.96 Å². The third kappa shape index (κ3) is 6.32. The van der Waals surface area contributed by atoms with Crippen molar-refractivity contribution in [1.82, 2.24) is 25.3 Å². The number of carbonyl (C=O) groups excluding carboxylic acids is 1. The number of hydrogen-bond donors (Lipinski definition) is 2. The monoisotopic (exact) mass is 406 g/mol. The van der Waals surface area contributed by atoms with Crippen LogP contribution in [0.25, 0.3) is 0 Å². The first-order chi connectivity index (χ1) is 14.1. The molecule has 7 heteroatoms. The van der Waals surface area contributed by atoms with Crippen molar-refractivity contribution >= 4 is 11.9 Å². The zero-order valence-corrected chi connectivity index (χ0v) is 18.8. The van der Waals surface area contributed by atoms with Gasteiger partial charge in [0.1, 0.15) is 0 Å². The van der Waals surface area contributed by atoms with Crippen molar-refractivity contribution in [3.8, 4) is 0 Å². The van der Waals surface area contributed by atoms with Gasteiger partial charge in [0.25, 0.3) is 0 Å². The Morgan fingerprint density at radius 1 is 1.10 bits per heavy atom.